The minimum atomic E-state index is -0.613. The van der Waals surface area contributed by atoms with E-state index in [1.807, 2.05) is 10.7 Å². The molecule has 4 heterocycles. The monoisotopic (exact) mass is 358 g/mol. The summed E-state index contributed by atoms with van der Waals surface area (Å²) >= 11 is 0. The molecule has 0 radical (unpaired) electrons. The van der Waals surface area contributed by atoms with Crippen LogP contribution in [0.4, 0.5) is 5.95 Å². The number of hydrogen-bond acceptors (Lipinski definition) is 7. The van der Waals surface area contributed by atoms with Crippen molar-refractivity contribution >= 4 is 11.9 Å². The summed E-state index contributed by atoms with van der Waals surface area (Å²) in [6.07, 6.45) is 2.57. The van der Waals surface area contributed by atoms with Gasteiger partial charge in [-0.25, -0.2) is 9.97 Å². The van der Waals surface area contributed by atoms with Crippen LogP contribution in [-0.4, -0.2) is 68.5 Å². The number of fused-ring (bicyclic) bond motifs is 1. The highest BCUT2D eigenvalue weighted by atomic mass is 16.5. The Morgan fingerprint density at radius 2 is 1.92 bits per heavy atom. The Kier molecular flexibility index (Phi) is 4.56. The van der Waals surface area contributed by atoms with Gasteiger partial charge in [0.2, 0.25) is 5.95 Å². The van der Waals surface area contributed by atoms with E-state index in [-0.39, 0.29) is 5.91 Å². The van der Waals surface area contributed by atoms with E-state index in [1.165, 1.54) is 0 Å². The highest BCUT2D eigenvalue weighted by Gasteiger charge is 2.25. The van der Waals surface area contributed by atoms with Crippen molar-refractivity contribution < 1.29 is 14.6 Å². The molecular formula is C17H22N6O3. The minimum absolute atomic E-state index is 0.0930. The van der Waals surface area contributed by atoms with Gasteiger partial charge in [0.25, 0.3) is 5.91 Å². The summed E-state index contributed by atoms with van der Waals surface area (Å²) in [6.45, 7) is 6.18. The maximum Gasteiger partial charge on any atom is 0.257 e. The summed E-state index contributed by atoms with van der Waals surface area (Å²) in [4.78, 5) is 25.3. The Morgan fingerprint density at radius 3 is 2.62 bits per heavy atom. The van der Waals surface area contributed by atoms with Gasteiger partial charge in [0.1, 0.15) is 0 Å². The number of hydrogen-bond donors (Lipinski definition) is 1. The molecule has 2 aliphatic heterocycles. The zero-order valence-corrected chi connectivity index (χ0v) is 14.7. The number of aliphatic hydroxyl groups is 1. The lowest BCUT2D eigenvalue weighted by atomic mass is 10.2. The van der Waals surface area contributed by atoms with Gasteiger partial charge >= 0.3 is 0 Å². The molecule has 0 aliphatic carbocycles. The van der Waals surface area contributed by atoms with Crippen LogP contribution in [0.5, 0.6) is 0 Å². The summed E-state index contributed by atoms with van der Waals surface area (Å²) < 4.78 is 7.18. The van der Waals surface area contributed by atoms with E-state index in [4.69, 9.17) is 4.74 Å². The fourth-order valence-corrected chi connectivity index (χ4v) is 3.21. The molecule has 1 unspecified atom stereocenters. The average molecular weight is 358 g/mol. The minimum Gasteiger partial charge on any atom is -0.387 e. The molecule has 1 saturated heterocycles. The third-order valence-corrected chi connectivity index (χ3v) is 4.71. The van der Waals surface area contributed by atoms with Gasteiger partial charge in [0, 0.05) is 32.0 Å². The summed E-state index contributed by atoms with van der Waals surface area (Å²) in [5.41, 5.74) is 2.03. The number of carbonyl (C=O) groups excluding carboxylic acids is 1. The molecule has 0 bridgehead atoms. The van der Waals surface area contributed by atoms with Crippen LogP contribution in [0.1, 0.15) is 34.8 Å². The zero-order chi connectivity index (χ0) is 18.1. The topological polar surface area (TPSA) is 96.6 Å². The van der Waals surface area contributed by atoms with Crippen molar-refractivity contribution in [3.63, 3.8) is 0 Å². The van der Waals surface area contributed by atoms with Crippen molar-refractivity contribution in [2.45, 2.75) is 26.1 Å². The van der Waals surface area contributed by atoms with Crippen LogP contribution in [0, 0.1) is 0 Å². The van der Waals surface area contributed by atoms with Gasteiger partial charge in [-0.1, -0.05) is 0 Å². The standard InChI is InChI=1S/C17H22N6O3/c1-12(24)15-8-14-11-22(2-3-23(14)20-15)16(25)13-9-18-17(19-10-13)21-4-6-26-7-5-21/h8-10,12,24H,2-7,11H2,1H3. The molecule has 2 aliphatic rings. The molecular weight excluding hydrogens is 336 g/mol. The summed E-state index contributed by atoms with van der Waals surface area (Å²) in [6, 6.07) is 1.85. The Bertz CT molecular complexity index is 782. The van der Waals surface area contributed by atoms with Crippen molar-refractivity contribution in [1.29, 1.82) is 0 Å². The van der Waals surface area contributed by atoms with E-state index in [0.717, 1.165) is 18.8 Å². The molecule has 26 heavy (non-hydrogen) atoms. The van der Waals surface area contributed by atoms with E-state index in [1.54, 1.807) is 24.2 Å². The van der Waals surface area contributed by atoms with Crippen molar-refractivity contribution in [3.05, 3.63) is 35.4 Å². The van der Waals surface area contributed by atoms with Gasteiger partial charge in [0.05, 0.1) is 49.4 Å². The molecule has 9 heteroatoms. The second-order valence-electron chi connectivity index (χ2n) is 6.56. The van der Waals surface area contributed by atoms with Crippen LogP contribution in [0.3, 0.4) is 0 Å². The molecule has 1 amide bonds. The van der Waals surface area contributed by atoms with E-state index in [2.05, 4.69) is 20.0 Å². The van der Waals surface area contributed by atoms with Crippen molar-refractivity contribution in [2.24, 2.45) is 0 Å². The lowest BCUT2D eigenvalue weighted by molar-refractivity contribution is 0.0704. The molecule has 2 aromatic rings. The number of anilines is 1. The molecule has 0 aromatic carbocycles. The number of morpholine rings is 1. The summed E-state index contributed by atoms with van der Waals surface area (Å²) in [7, 11) is 0. The fourth-order valence-electron chi connectivity index (χ4n) is 3.21. The van der Waals surface area contributed by atoms with Crippen LogP contribution in [-0.2, 0) is 17.8 Å². The first-order valence-corrected chi connectivity index (χ1v) is 8.80. The average Bonchev–Trinajstić information content (AvgIpc) is 3.12. The Morgan fingerprint density at radius 1 is 1.19 bits per heavy atom. The third-order valence-electron chi connectivity index (χ3n) is 4.71. The first kappa shape index (κ1) is 16.9. The lowest BCUT2D eigenvalue weighted by Gasteiger charge is -2.28. The second kappa shape index (κ2) is 7.00. The molecule has 138 valence electrons. The second-order valence-corrected chi connectivity index (χ2v) is 6.56. The van der Waals surface area contributed by atoms with Gasteiger partial charge in [-0.15, -0.1) is 0 Å². The number of aliphatic hydroxyl groups excluding tert-OH is 1. The molecule has 0 saturated carbocycles. The SMILES string of the molecule is CC(O)c1cc2n(n1)CCN(C(=O)c1cnc(N3CCOCC3)nc1)C2. The number of rotatable bonds is 3. The number of carbonyl (C=O) groups is 1. The normalized spacial score (nSPS) is 18.5. The molecule has 4 rings (SSSR count). The van der Waals surface area contributed by atoms with Crippen molar-refractivity contribution in [1.82, 2.24) is 24.6 Å². The van der Waals surface area contributed by atoms with Crippen LogP contribution < -0.4 is 4.90 Å². The van der Waals surface area contributed by atoms with E-state index < -0.39 is 6.10 Å². The van der Waals surface area contributed by atoms with Crippen LogP contribution >= 0.6 is 0 Å². The van der Waals surface area contributed by atoms with Crippen molar-refractivity contribution in [2.75, 3.05) is 37.7 Å². The molecule has 2 aromatic heterocycles. The Labute approximate surface area is 151 Å². The molecule has 0 spiro atoms. The molecule has 9 nitrogen and oxygen atoms in total. The summed E-state index contributed by atoms with van der Waals surface area (Å²) in [5.74, 6) is 0.535. The molecule has 1 N–H and O–H groups in total. The van der Waals surface area contributed by atoms with Gasteiger partial charge in [-0.3, -0.25) is 9.48 Å². The predicted octanol–water partition coefficient (Wildman–Crippen LogP) is 0.219. The number of amides is 1. The van der Waals surface area contributed by atoms with Crippen LogP contribution in [0.2, 0.25) is 0 Å². The summed E-state index contributed by atoms with van der Waals surface area (Å²) in [5, 5.41) is 14.0. The first-order chi connectivity index (χ1) is 12.6. The van der Waals surface area contributed by atoms with Gasteiger partial charge in [0.15, 0.2) is 0 Å². The Balaban J connectivity index is 1.45. The number of ether oxygens (including phenoxy) is 1. The van der Waals surface area contributed by atoms with Crippen LogP contribution in [0.15, 0.2) is 18.5 Å². The molecule has 1 atom stereocenters. The third kappa shape index (κ3) is 3.27. The highest BCUT2D eigenvalue weighted by Crippen LogP contribution is 2.19. The van der Waals surface area contributed by atoms with E-state index in [0.29, 0.717) is 50.1 Å². The maximum atomic E-state index is 12.8. The van der Waals surface area contributed by atoms with Gasteiger partial charge in [-0.2, -0.15) is 5.10 Å². The quantitative estimate of drug-likeness (QED) is 0.838. The first-order valence-electron chi connectivity index (χ1n) is 8.80. The number of nitrogens with zero attached hydrogens (tertiary/aromatic N) is 6. The Hall–Kier alpha value is -2.52. The number of aromatic nitrogens is 4. The molecule has 1 fully saturated rings. The maximum absolute atomic E-state index is 12.8. The van der Waals surface area contributed by atoms with Crippen LogP contribution in [0.25, 0.3) is 0 Å². The van der Waals surface area contributed by atoms with E-state index >= 15 is 0 Å². The van der Waals surface area contributed by atoms with Gasteiger partial charge < -0.3 is 19.6 Å². The zero-order valence-electron chi connectivity index (χ0n) is 14.7. The predicted molar refractivity (Wildman–Crippen MR) is 92.7 cm³/mol. The van der Waals surface area contributed by atoms with Gasteiger partial charge in [-0.05, 0) is 13.0 Å². The van der Waals surface area contributed by atoms with E-state index in [9.17, 15) is 9.90 Å². The largest absolute Gasteiger partial charge is 0.387 e. The smallest absolute Gasteiger partial charge is 0.257 e. The van der Waals surface area contributed by atoms with Crippen molar-refractivity contribution in [3.8, 4) is 0 Å². The highest BCUT2D eigenvalue weighted by molar-refractivity contribution is 5.93. The lowest BCUT2D eigenvalue weighted by Crippen LogP contribution is -2.39. The fraction of sp³-hybridized carbons (Fsp3) is 0.529.